The van der Waals surface area contributed by atoms with Crippen molar-refractivity contribution >= 4 is 11.6 Å². The van der Waals surface area contributed by atoms with E-state index in [0.717, 1.165) is 25.2 Å². The topological polar surface area (TPSA) is 58.1 Å². The van der Waals surface area contributed by atoms with Gasteiger partial charge in [0, 0.05) is 31.0 Å². The largest absolute Gasteiger partial charge is 0.371 e. The van der Waals surface area contributed by atoms with Gasteiger partial charge in [0.2, 0.25) is 0 Å². The van der Waals surface area contributed by atoms with Gasteiger partial charge in [0.05, 0.1) is 0 Å². The molecule has 1 atom stereocenters. The zero-order valence-corrected chi connectivity index (χ0v) is 14.5. The SMILES string of the molecule is Cc1ccc(N2CC[C@@H](CNC(=O)c3cc(C)nc(C)n3)C2)cc1. The molecular weight excluding hydrogens is 300 g/mol. The zero-order chi connectivity index (χ0) is 17.1. The first-order valence-electron chi connectivity index (χ1n) is 8.43. The molecule has 5 heteroatoms. The fourth-order valence-corrected chi connectivity index (χ4v) is 3.15. The van der Waals surface area contributed by atoms with Crippen LogP contribution in [0.1, 0.15) is 34.0 Å². The van der Waals surface area contributed by atoms with Crippen molar-refractivity contribution in [1.29, 1.82) is 0 Å². The summed E-state index contributed by atoms with van der Waals surface area (Å²) in [5.41, 5.74) is 3.81. The fourth-order valence-electron chi connectivity index (χ4n) is 3.15. The van der Waals surface area contributed by atoms with Gasteiger partial charge in [-0.05, 0) is 51.3 Å². The standard InChI is InChI=1S/C19H24N4O/c1-13-4-6-17(7-5-13)23-9-8-16(12-23)11-20-19(24)18-10-14(2)21-15(3)22-18/h4-7,10,16H,8-9,11-12H2,1-3H3,(H,20,24)/t16-/m0/s1. The maximum Gasteiger partial charge on any atom is 0.270 e. The minimum atomic E-state index is -0.114. The van der Waals surface area contributed by atoms with E-state index in [2.05, 4.69) is 51.4 Å². The van der Waals surface area contributed by atoms with Crippen LogP contribution in [0.4, 0.5) is 5.69 Å². The lowest BCUT2D eigenvalue weighted by atomic mass is 10.1. The Kier molecular flexibility index (Phi) is 4.79. The maximum absolute atomic E-state index is 12.3. The van der Waals surface area contributed by atoms with E-state index in [4.69, 9.17) is 0 Å². The van der Waals surface area contributed by atoms with Gasteiger partial charge in [0.15, 0.2) is 0 Å². The molecule has 2 aromatic rings. The van der Waals surface area contributed by atoms with Crippen LogP contribution in [0.5, 0.6) is 0 Å². The Morgan fingerprint density at radius 3 is 2.67 bits per heavy atom. The first kappa shape index (κ1) is 16.4. The lowest BCUT2D eigenvalue weighted by Crippen LogP contribution is -2.31. The van der Waals surface area contributed by atoms with E-state index in [0.29, 0.717) is 24.0 Å². The molecule has 1 saturated heterocycles. The smallest absolute Gasteiger partial charge is 0.270 e. The van der Waals surface area contributed by atoms with Crippen molar-refractivity contribution in [2.24, 2.45) is 5.92 Å². The summed E-state index contributed by atoms with van der Waals surface area (Å²) in [7, 11) is 0. The van der Waals surface area contributed by atoms with E-state index in [-0.39, 0.29) is 5.91 Å². The fraction of sp³-hybridized carbons (Fsp3) is 0.421. The van der Waals surface area contributed by atoms with E-state index in [1.54, 1.807) is 13.0 Å². The van der Waals surface area contributed by atoms with Crippen LogP contribution in [0.25, 0.3) is 0 Å². The molecule has 126 valence electrons. The molecule has 1 amide bonds. The second kappa shape index (κ2) is 6.99. The number of hydrogen-bond acceptors (Lipinski definition) is 4. The van der Waals surface area contributed by atoms with Crippen molar-refractivity contribution in [3.8, 4) is 0 Å². The number of rotatable bonds is 4. The van der Waals surface area contributed by atoms with Crippen LogP contribution in [0, 0.1) is 26.7 Å². The van der Waals surface area contributed by atoms with Crippen LogP contribution in [-0.2, 0) is 0 Å². The molecule has 0 spiro atoms. The molecule has 1 N–H and O–H groups in total. The van der Waals surface area contributed by atoms with Crippen molar-refractivity contribution < 1.29 is 4.79 Å². The summed E-state index contributed by atoms with van der Waals surface area (Å²) in [4.78, 5) is 23.1. The van der Waals surface area contributed by atoms with Crippen molar-refractivity contribution in [3.63, 3.8) is 0 Å². The first-order valence-corrected chi connectivity index (χ1v) is 8.43. The summed E-state index contributed by atoms with van der Waals surface area (Å²) < 4.78 is 0. The highest BCUT2D eigenvalue weighted by molar-refractivity contribution is 5.92. The van der Waals surface area contributed by atoms with Gasteiger partial charge in [-0.25, -0.2) is 9.97 Å². The Hall–Kier alpha value is -2.43. The summed E-state index contributed by atoms with van der Waals surface area (Å²) in [6, 6.07) is 10.4. The summed E-state index contributed by atoms with van der Waals surface area (Å²) in [6.45, 7) is 8.48. The molecule has 1 fully saturated rings. The molecule has 24 heavy (non-hydrogen) atoms. The third-order valence-corrected chi connectivity index (χ3v) is 4.43. The number of hydrogen-bond donors (Lipinski definition) is 1. The first-order chi connectivity index (χ1) is 11.5. The lowest BCUT2D eigenvalue weighted by Gasteiger charge is -2.19. The van der Waals surface area contributed by atoms with Crippen LogP contribution in [0.2, 0.25) is 0 Å². The number of nitrogens with zero attached hydrogens (tertiary/aromatic N) is 3. The van der Waals surface area contributed by atoms with Gasteiger partial charge >= 0.3 is 0 Å². The highest BCUT2D eigenvalue weighted by Gasteiger charge is 2.23. The Morgan fingerprint density at radius 2 is 1.96 bits per heavy atom. The second-order valence-corrected chi connectivity index (χ2v) is 6.59. The summed E-state index contributed by atoms with van der Waals surface area (Å²) in [5, 5.41) is 3.02. The second-order valence-electron chi connectivity index (χ2n) is 6.59. The Bertz CT molecular complexity index is 706. The third-order valence-electron chi connectivity index (χ3n) is 4.43. The molecule has 0 aliphatic carbocycles. The molecule has 3 rings (SSSR count). The van der Waals surface area contributed by atoms with E-state index < -0.39 is 0 Å². The van der Waals surface area contributed by atoms with E-state index in [1.807, 2.05) is 6.92 Å². The molecule has 0 unspecified atom stereocenters. The Balaban J connectivity index is 1.54. The number of amides is 1. The lowest BCUT2D eigenvalue weighted by molar-refractivity contribution is 0.0942. The molecule has 1 aliphatic heterocycles. The number of carbonyl (C=O) groups is 1. The number of benzene rings is 1. The van der Waals surface area contributed by atoms with Crippen LogP contribution in [0.3, 0.4) is 0 Å². The monoisotopic (exact) mass is 324 g/mol. The van der Waals surface area contributed by atoms with Gasteiger partial charge in [-0.2, -0.15) is 0 Å². The normalized spacial score (nSPS) is 17.1. The van der Waals surface area contributed by atoms with Crippen molar-refractivity contribution in [2.45, 2.75) is 27.2 Å². The van der Waals surface area contributed by atoms with Gasteiger partial charge in [0.25, 0.3) is 5.91 Å². The van der Waals surface area contributed by atoms with Gasteiger partial charge in [-0.15, -0.1) is 0 Å². The molecule has 0 radical (unpaired) electrons. The van der Waals surface area contributed by atoms with Gasteiger partial charge in [-0.3, -0.25) is 4.79 Å². The zero-order valence-electron chi connectivity index (χ0n) is 14.5. The van der Waals surface area contributed by atoms with Gasteiger partial charge < -0.3 is 10.2 Å². The Morgan fingerprint density at radius 1 is 1.21 bits per heavy atom. The number of aromatic nitrogens is 2. The van der Waals surface area contributed by atoms with Crippen molar-refractivity contribution in [2.75, 3.05) is 24.5 Å². The quantitative estimate of drug-likeness (QED) is 0.939. The van der Waals surface area contributed by atoms with Gasteiger partial charge in [0.1, 0.15) is 11.5 Å². The average molecular weight is 324 g/mol. The summed E-state index contributed by atoms with van der Waals surface area (Å²) in [6.07, 6.45) is 1.09. The average Bonchev–Trinajstić information content (AvgIpc) is 3.01. The minimum Gasteiger partial charge on any atom is -0.371 e. The highest BCUT2D eigenvalue weighted by Crippen LogP contribution is 2.23. The van der Waals surface area contributed by atoms with Crippen molar-refractivity contribution in [1.82, 2.24) is 15.3 Å². The van der Waals surface area contributed by atoms with Crippen LogP contribution in [0.15, 0.2) is 30.3 Å². The number of nitrogens with one attached hydrogen (secondary N) is 1. The van der Waals surface area contributed by atoms with Crippen LogP contribution in [-0.4, -0.2) is 35.5 Å². The number of aryl methyl sites for hydroxylation is 3. The predicted octanol–water partition coefficient (Wildman–Crippen LogP) is 2.66. The minimum absolute atomic E-state index is 0.114. The molecule has 1 aliphatic rings. The molecule has 1 aromatic heterocycles. The van der Waals surface area contributed by atoms with Crippen molar-refractivity contribution in [3.05, 3.63) is 53.1 Å². The molecule has 0 bridgehead atoms. The highest BCUT2D eigenvalue weighted by atomic mass is 16.1. The predicted molar refractivity (Wildman–Crippen MR) is 95.3 cm³/mol. The molecule has 2 heterocycles. The Labute approximate surface area is 143 Å². The summed E-state index contributed by atoms with van der Waals surface area (Å²) in [5.74, 6) is 0.989. The maximum atomic E-state index is 12.3. The molecule has 5 nitrogen and oxygen atoms in total. The number of anilines is 1. The van der Waals surface area contributed by atoms with E-state index in [1.165, 1.54) is 11.3 Å². The van der Waals surface area contributed by atoms with E-state index >= 15 is 0 Å². The molecule has 0 saturated carbocycles. The summed E-state index contributed by atoms with van der Waals surface area (Å²) >= 11 is 0. The molecular formula is C19H24N4O. The van der Waals surface area contributed by atoms with E-state index in [9.17, 15) is 4.79 Å². The van der Waals surface area contributed by atoms with Crippen LogP contribution >= 0.6 is 0 Å². The third kappa shape index (κ3) is 3.91. The number of carbonyl (C=O) groups excluding carboxylic acids is 1. The molecule has 1 aromatic carbocycles. The van der Waals surface area contributed by atoms with Crippen LogP contribution < -0.4 is 10.2 Å². The van der Waals surface area contributed by atoms with Gasteiger partial charge in [-0.1, -0.05) is 17.7 Å².